The van der Waals surface area contributed by atoms with E-state index >= 15 is 0 Å². The van der Waals surface area contributed by atoms with E-state index < -0.39 is 22.4 Å². The number of hydrogen-bond donors (Lipinski definition) is 1. The molecule has 5 nitrogen and oxygen atoms in total. The van der Waals surface area contributed by atoms with Crippen LogP contribution in [0.4, 0.5) is 0 Å². The molecule has 2 unspecified atom stereocenters. The highest BCUT2D eigenvalue weighted by molar-refractivity contribution is 7.84. The highest BCUT2D eigenvalue weighted by atomic mass is 32.2. The minimum absolute atomic E-state index is 0.0259. The quantitative estimate of drug-likeness (QED) is 0.764. The van der Waals surface area contributed by atoms with Gasteiger partial charge in [-0.05, 0) is 19.3 Å². The van der Waals surface area contributed by atoms with Crippen LogP contribution < -0.4 is 5.32 Å². The standard InChI is InChI=1S/C14H26N2O3S/c1-5-11-12(17)15-14(6-2,7-3)13(18)16(11)9-10-20(19)8-4/h11H,5-10H2,1-4H3,(H,15,17). The molecule has 1 aliphatic heterocycles. The van der Waals surface area contributed by atoms with Crippen molar-refractivity contribution in [2.45, 2.75) is 58.5 Å². The predicted molar refractivity (Wildman–Crippen MR) is 80.8 cm³/mol. The fourth-order valence-electron chi connectivity index (χ4n) is 2.67. The second-order valence-corrected chi connectivity index (χ2v) is 7.00. The SMILES string of the molecule is CCC1C(=O)NC(CC)(CC)C(=O)N1CCS(=O)CC. The van der Waals surface area contributed by atoms with Crippen molar-refractivity contribution in [3.8, 4) is 0 Å². The maximum atomic E-state index is 12.7. The van der Waals surface area contributed by atoms with Gasteiger partial charge in [0.1, 0.15) is 11.6 Å². The number of amides is 2. The van der Waals surface area contributed by atoms with Crippen molar-refractivity contribution in [1.29, 1.82) is 0 Å². The summed E-state index contributed by atoms with van der Waals surface area (Å²) in [6.07, 6.45) is 1.75. The Kier molecular flexibility index (Phi) is 6.17. The van der Waals surface area contributed by atoms with Gasteiger partial charge in [0.25, 0.3) is 0 Å². The molecule has 1 aliphatic rings. The first-order valence-corrected chi connectivity index (χ1v) is 8.92. The fourth-order valence-corrected chi connectivity index (χ4v) is 3.36. The lowest BCUT2D eigenvalue weighted by Gasteiger charge is -2.45. The van der Waals surface area contributed by atoms with Gasteiger partial charge in [0.15, 0.2) is 0 Å². The molecule has 0 aliphatic carbocycles. The van der Waals surface area contributed by atoms with Crippen LogP contribution in [0.5, 0.6) is 0 Å². The lowest BCUT2D eigenvalue weighted by atomic mass is 9.86. The molecule has 0 aromatic rings. The van der Waals surface area contributed by atoms with Crippen LogP contribution in [0, 0.1) is 0 Å². The summed E-state index contributed by atoms with van der Waals surface area (Å²) in [5, 5.41) is 2.91. The van der Waals surface area contributed by atoms with Gasteiger partial charge in [-0.3, -0.25) is 13.8 Å². The summed E-state index contributed by atoms with van der Waals surface area (Å²) in [5.74, 6) is 0.910. The fraction of sp³-hybridized carbons (Fsp3) is 0.857. The van der Waals surface area contributed by atoms with E-state index in [0.717, 1.165) is 0 Å². The summed E-state index contributed by atoms with van der Waals surface area (Å²) in [7, 11) is -0.926. The first kappa shape index (κ1) is 17.1. The van der Waals surface area contributed by atoms with Gasteiger partial charge >= 0.3 is 0 Å². The molecule has 1 N–H and O–H groups in total. The second kappa shape index (κ2) is 7.20. The Morgan fingerprint density at radius 2 is 1.80 bits per heavy atom. The van der Waals surface area contributed by atoms with E-state index in [2.05, 4.69) is 5.32 Å². The smallest absolute Gasteiger partial charge is 0.249 e. The van der Waals surface area contributed by atoms with Crippen molar-refractivity contribution < 1.29 is 13.8 Å². The highest BCUT2D eigenvalue weighted by Gasteiger charge is 2.47. The Morgan fingerprint density at radius 1 is 1.20 bits per heavy atom. The monoisotopic (exact) mass is 302 g/mol. The molecule has 0 saturated carbocycles. The Labute approximate surface area is 123 Å². The van der Waals surface area contributed by atoms with Crippen LogP contribution in [-0.2, 0) is 20.4 Å². The van der Waals surface area contributed by atoms with Gasteiger partial charge in [-0.15, -0.1) is 0 Å². The molecule has 20 heavy (non-hydrogen) atoms. The minimum atomic E-state index is -0.926. The van der Waals surface area contributed by atoms with Gasteiger partial charge in [-0.2, -0.15) is 0 Å². The third-order valence-electron chi connectivity index (χ3n) is 4.19. The van der Waals surface area contributed by atoms with Crippen molar-refractivity contribution in [3.05, 3.63) is 0 Å². The van der Waals surface area contributed by atoms with Gasteiger partial charge < -0.3 is 10.2 Å². The molecular formula is C14H26N2O3S. The average molecular weight is 302 g/mol. The van der Waals surface area contributed by atoms with Crippen LogP contribution >= 0.6 is 0 Å². The van der Waals surface area contributed by atoms with Crippen LogP contribution in [0.25, 0.3) is 0 Å². The molecule has 1 rings (SSSR count). The summed E-state index contributed by atoms with van der Waals surface area (Å²) in [6, 6.07) is -0.428. The molecule has 2 amide bonds. The van der Waals surface area contributed by atoms with Gasteiger partial charge in [-0.25, -0.2) is 0 Å². The molecule has 0 aromatic heterocycles. The predicted octanol–water partition coefficient (Wildman–Crippen LogP) is 1.05. The number of piperazine rings is 1. The average Bonchev–Trinajstić information content (AvgIpc) is 2.47. The molecule has 6 heteroatoms. The maximum absolute atomic E-state index is 12.7. The van der Waals surface area contributed by atoms with Crippen LogP contribution in [0.1, 0.15) is 47.0 Å². The normalized spacial score (nSPS) is 23.6. The maximum Gasteiger partial charge on any atom is 0.249 e. The molecule has 1 heterocycles. The summed E-state index contributed by atoms with van der Waals surface area (Å²) < 4.78 is 11.6. The molecule has 0 aromatic carbocycles. The Morgan fingerprint density at radius 3 is 2.25 bits per heavy atom. The largest absolute Gasteiger partial charge is 0.340 e. The number of carbonyl (C=O) groups is 2. The number of hydrogen-bond acceptors (Lipinski definition) is 3. The molecule has 116 valence electrons. The number of nitrogens with zero attached hydrogens (tertiary/aromatic N) is 1. The van der Waals surface area contributed by atoms with E-state index in [-0.39, 0.29) is 11.8 Å². The van der Waals surface area contributed by atoms with E-state index in [9.17, 15) is 13.8 Å². The summed E-state index contributed by atoms with van der Waals surface area (Å²) in [5.41, 5.74) is -0.781. The van der Waals surface area contributed by atoms with E-state index in [1.165, 1.54) is 0 Å². The van der Waals surface area contributed by atoms with Crippen LogP contribution in [0.3, 0.4) is 0 Å². The minimum Gasteiger partial charge on any atom is -0.340 e. The van der Waals surface area contributed by atoms with Gasteiger partial charge in [-0.1, -0.05) is 27.7 Å². The van der Waals surface area contributed by atoms with Crippen LogP contribution in [-0.4, -0.2) is 50.6 Å². The van der Waals surface area contributed by atoms with E-state index in [1.807, 2.05) is 27.7 Å². The zero-order valence-corrected chi connectivity index (χ0v) is 13.7. The summed E-state index contributed by atoms with van der Waals surface area (Å²) >= 11 is 0. The van der Waals surface area contributed by atoms with Crippen molar-refractivity contribution in [3.63, 3.8) is 0 Å². The molecule has 0 radical (unpaired) electrons. The van der Waals surface area contributed by atoms with E-state index in [4.69, 9.17) is 0 Å². The summed E-state index contributed by atoms with van der Waals surface area (Å²) in [4.78, 5) is 26.6. The third-order valence-corrected chi connectivity index (χ3v) is 5.47. The topological polar surface area (TPSA) is 66.5 Å². The van der Waals surface area contributed by atoms with Crippen molar-refractivity contribution in [1.82, 2.24) is 10.2 Å². The van der Waals surface area contributed by atoms with E-state index in [0.29, 0.717) is 37.3 Å². The number of rotatable bonds is 7. The molecule has 2 atom stereocenters. The van der Waals surface area contributed by atoms with Gasteiger partial charge in [0.2, 0.25) is 11.8 Å². The third kappa shape index (κ3) is 3.22. The highest BCUT2D eigenvalue weighted by Crippen LogP contribution is 2.26. The Hall–Kier alpha value is -0.910. The van der Waals surface area contributed by atoms with Crippen molar-refractivity contribution >= 4 is 22.6 Å². The number of nitrogens with one attached hydrogen (secondary N) is 1. The molecule has 1 fully saturated rings. The zero-order valence-electron chi connectivity index (χ0n) is 12.9. The molecule has 0 spiro atoms. The van der Waals surface area contributed by atoms with Gasteiger partial charge in [0.05, 0.1) is 0 Å². The Bertz CT molecular complexity index is 394. The first-order valence-electron chi connectivity index (χ1n) is 7.43. The summed E-state index contributed by atoms with van der Waals surface area (Å²) in [6.45, 7) is 7.98. The van der Waals surface area contributed by atoms with Crippen molar-refractivity contribution in [2.24, 2.45) is 0 Å². The lowest BCUT2D eigenvalue weighted by Crippen LogP contribution is -2.70. The van der Waals surface area contributed by atoms with E-state index in [1.54, 1.807) is 4.90 Å². The van der Waals surface area contributed by atoms with Gasteiger partial charge in [0, 0.05) is 28.9 Å². The second-order valence-electron chi connectivity index (χ2n) is 5.13. The van der Waals surface area contributed by atoms with Crippen molar-refractivity contribution in [2.75, 3.05) is 18.1 Å². The van der Waals surface area contributed by atoms with Crippen LogP contribution in [0.15, 0.2) is 0 Å². The molecule has 0 bridgehead atoms. The Balaban J connectivity index is 2.97. The number of carbonyl (C=O) groups excluding carboxylic acids is 2. The first-order chi connectivity index (χ1) is 9.45. The zero-order chi connectivity index (χ0) is 15.3. The lowest BCUT2D eigenvalue weighted by molar-refractivity contribution is -0.155. The molecule has 1 saturated heterocycles. The molecular weight excluding hydrogens is 276 g/mol. The van der Waals surface area contributed by atoms with Crippen LogP contribution in [0.2, 0.25) is 0 Å².